The number of hydrogen-bond donors (Lipinski definition) is 2. The predicted octanol–water partition coefficient (Wildman–Crippen LogP) is 4.92. The van der Waals surface area contributed by atoms with Gasteiger partial charge in [0.05, 0.1) is 12.2 Å². The number of halogens is 1. The molecule has 2 amide bonds. The summed E-state index contributed by atoms with van der Waals surface area (Å²) in [6.45, 7) is 6.16. The van der Waals surface area contributed by atoms with Gasteiger partial charge in [-0.1, -0.05) is 59.2 Å². The van der Waals surface area contributed by atoms with E-state index in [0.29, 0.717) is 11.0 Å². The van der Waals surface area contributed by atoms with Crippen molar-refractivity contribution >= 4 is 50.9 Å². The van der Waals surface area contributed by atoms with Gasteiger partial charge in [0.25, 0.3) is 0 Å². The van der Waals surface area contributed by atoms with Gasteiger partial charge in [-0.2, -0.15) is 0 Å². The molecule has 0 aliphatic heterocycles. The van der Waals surface area contributed by atoms with Crippen molar-refractivity contribution in [2.75, 3.05) is 16.4 Å². The Morgan fingerprint density at radius 1 is 1.06 bits per heavy atom. The standard InChI is InChI=1S/C23H26BrN5O2S/c1-14(2)18-11-16(24)7-10-19(18)26-22(31)13-32-23-28-27-20(29(23)4)12-21(30)25-17-8-5-15(3)6-9-17/h5-11,14H,12-13H2,1-4H3,(H,25,30)(H,26,31). The Kier molecular flexibility index (Phi) is 8.09. The Balaban J connectivity index is 1.56. The van der Waals surface area contributed by atoms with Crippen LogP contribution >= 0.6 is 27.7 Å². The highest BCUT2D eigenvalue weighted by molar-refractivity contribution is 9.10. The predicted molar refractivity (Wildman–Crippen MR) is 132 cm³/mol. The maximum atomic E-state index is 12.5. The van der Waals surface area contributed by atoms with Crippen LogP contribution in [0.1, 0.15) is 36.7 Å². The van der Waals surface area contributed by atoms with Gasteiger partial charge in [-0.25, -0.2) is 0 Å². The number of thioether (sulfide) groups is 1. The molecule has 1 aromatic heterocycles. The number of carbonyl (C=O) groups excluding carboxylic acids is 2. The van der Waals surface area contributed by atoms with Crippen LogP contribution in [0.15, 0.2) is 52.1 Å². The zero-order valence-electron chi connectivity index (χ0n) is 18.5. The number of nitrogens with zero attached hydrogens (tertiary/aromatic N) is 3. The minimum atomic E-state index is -0.171. The molecule has 168 valence electrons. The molecule has 32 heavy (non-hydrogen) atoms. The molecule has 9 heteroatoms. The van der Waals surface area contributed by atoms with E-state index in [1.165, 1.54) is 11.8 Å². The summed E-state index contributed by atoms with van der Waals surface area (Å²) in [6.07, 6.45) is 0.0980. The molecule has 0 radical (unpaired) electrons. The van der Waals surface area contributed by atoms with Gasteiger partial charge in [-0.05, 0) is 48.7 Å². The van der Waals surface area contributed by atoms with E-state index in [2.05, 4.69) is 50.6 Å². The first-order chi connectivity index (χ1) is 15.2. The molecule has 1 heterocycles. The van der Waals surface area contributed by atoms with Crippen LogP contribution in [0.3, 0.4) is 0 Å². The molecule has 0 aliphatic rings. The summed E-state index contributed by atoms with van der Waals surface area (Å²) in [5, 5.41) is 14.7. The van der Waals surface area contributed by atoms with E-state index in [4.69, 9.17) is 0 Å². The summed E-state index contributed by atoms with van der Waals surface area (Å²) in [5.74, 6) is 0.709. The van der Waals surface area contributed by atoms with E-state index in [1.807, 2.05) is 49.4 Å². The van der Waals surface area contributed by atoms with Crippen molar-refractivity contribution in [3.05, 3.63) is 63.9 Å². The van der Waals surface area contributed by atoms with Crippen molar-refractivity contribution in [1.29, 1.82) is 0 Å². The molecule has 3 aromatic rings. The summed E-state index contributed by atoms with van der Waals surface area (Å²) >= 11 is 4.76. The minimum Gasteiger partial charge on any atom is -0.326 e. The lowest BCUT2D eigenvalue weighted by molar-refractivity contribution is -0.116. The molecule has 0 atom stereocenters. The van der Waals surface area contributed by atoms with Gasteiger partial charge in [0.2, 0.25) is 11.8 Å². The maximum Gasteiger partial charge on any atom is 0.234 e. The first kappa shape index (κ1) is 24.0. The summed E-state index contributed by atoms with van der Waals surface area (Å²) in [4.78, 5) is 24.8. The van der Waals surface area contributed by atoms with Crippen LogP contribution in [-0.2, 0) is 23.1 Å². The molecule has 0 bridgehead atoms. The molecule has 0 saturated heterocycles. The fraction of sp³-hybridized carbons (Fsp3) is 0.304. The summed E-state index contributed by atoms with van der Waals surface area (Å²) in [5.41, 5.74) is 3.74. The molecule has 0 unspecified atom stereocenters. The molecule has 0 fully saturated rings. The second kappa shape index (κ2) is 10.8. The third-order valence-electron chi connectivity index (χ3n) is 4.82. The summed E-state index contributed by atoms with van der Waals surface area (Å²) in [6, 6.07) is 13.4. The number of benzene rings is 2. The highest BCUT2D eigenvalue weighted by Gasteiger charge is 2.16. The highest BCUT2D eigenvalue weighted by Crippen LogP contribution is 2.28. The Morgan fingerprint density at radius 3 is 2.47 bits per heavy atom. The Morgan fingerprint density at radius 2 is 1.78 bits per heavy atom. The Bertz CT molecular complexity index is 1110. The lowest BCUT2D eigenvalue weighted by Gasteiger charge is -2.14. The van der Waals surface area contributed by atoms with Crippen LogP contribution in [0.2, 0.25) is 0 Å². The van der Waals surface area contributed by atoms with Crippen LogP contribution < -0.4 is 10.6 Å². The fourth-order valence-corrected chi connectivity index (χ4v) is 4.16. The summed E-state index contributed by atoms with van der Waals surface area (Å²) < 4.78 is 2.72. The van der Waals surface area contributed by atoms with Crippen LogP contribution in [-0.4, -0.2) is 32.3 Å². The molecule has 2 aromatic carbocycles. The van der Waals surface area contributed by atoms with Gasteiger partial charge < -0.3 is 15.2 Å². The first-order valence-corrected chi connectivity index (χ1v) is 12.0. The number of aromatic nitrogens is 3. The third-order valence-corrected chi connectivity index (χ3v) is 6.33. The number of amides is 2. The summed E-state index contributed by atoms with van der Waals surface area (Å²) in [7, 11) is 1.79. The van der Waals surface area contributed by atoms with Crippen molar-refractivity contribution in [2.45, 2.75) is 38.3 Å². The lowest BCUT2D eigenvalue weighted by Crippen LogP contribution is -2.17. The minimum absolute atomic E-state index is 0.0980. The van der Waals surface area contributed by atoms with Crippen molar-refractivity contribution in [1.82, 2.24) is 14.8 Å². The van der Waals surface area contributed by atoms with E-state index in [0.717, 1.165) is 27.0 Å². The van der Waals surface area contributed by atoms with Crippen LogP contribution in [0.5, 0.6) is 0 Å². The molecular formula is C23H26BrN5O2S. The van der Waals surface area contributed by atoms with Gasteiger partial charge in [0.15, 0.2) is 5.16 Å². The van der Waals surface area contributed by atoms with E-state index < -0.39 is 0 Å². The number of rotatable bonds is 8. The van der Waals surface area contributed by atoms with E-state index in [-0.39, 0.29) is 29.9 Å². The molecular weight excluding hydrogens is 490 g/mol. The second-order valence-electron chi connectivity index (χ2n) is 7.77. The van der Waals surface area contributed by atoms with Gasteiger partial charge in [0.1, 0.15) is 5.82 Å². The smallest absolute Gasteiger partial charge is 0.234 e. The SMILES string of the molecule is Cc1ccc(NC(=O)Cc2nnc(SCC(=O)Nc3ccc(Br)cc3C(C)C)n2C)cc1. The van der Waals surface area contributed by atoms with Crippen molar-refractivity contribution in [3.63, 3.8) is 0 Å². The monoisotopic (exact) mass is 515 g/mol. The van der Waals surface area contributed by atoms with Gasteiger partial charge >= 0.3 is 0 Å². The van der Waals surface area contributed by atoms with Crippen molar-refractivity contribution < 1.29 is 9.59 Å². The zero-order valence-corrected chi connectivity index (χ0v) is 20.9. The van der Waals surface area contributed by atoms with Crippen LogP contribution in [0.25, 0.3) is 0 Å². The zero-order chi connectivity index (χ0) is 23.3. The first-order valence-electron chi connectivity index (χ1n) is 10.2. The lowest BCUT2D eigenvalue weighted by atomic mass is 10.0. The molecule has 3 rings (SSSR count). The second-order valence-corrected chi connectivity index (χ2v) is 9.63. The van der Waals surface area contributed by atoms with Crippen molar-refractivity contribution in [3.8, 4) is 0 Å². The molecule has 0 saturated carbocycles. The number of hydrogen-bond acceptors (Lipinski definition) is 5. The highest BCUT2D eigenvalue weighted by atomic mass is 79.9. The molecule has 7 nitrogen and oxygen atoms in total. The molecule has 2 N–H and O–H groups in total. The van der Waals surface area contributed by atoms with Gasteiger partial charge in [0, 0.05) is 22.9 Å². The number of aryl methyl sites for hydroxylation is 1. The van der Waals surface area contributed by atoms with Crippen molar-refractivity contribution in [2.24, 2.45) is 7.05 Å². The largest absolute Gasteiger partial charge is 0.326 e. The maximum absolute atomic E-state index is 12.5. The van der Waals surface area contributed by atoms with Crippen LogP contribution in [0, 0.1) is 6.92 Å². The normalized spacial score (nSPS) is 10.9. The third kappa shape index (κ3) is 6.43. The number of anilines is 2. The Labute approximate surface area is 200 Å². The van der Waals surface area contributed by atoms with Gasteiger partial charge in [-0.15, -0.1) is 10.2 Å². The average Bonchev–Trinajstić information content (AvgIpc) is 3.08. The Hall–Kier alpha value is -2.65. The number of carbonyl (C=O) groups is 2. The average molecular weight is 516 g/mol. The van der Waals surface area contributed by atoms with E-state index in [9.17, 15) is 9.59 Å². The quantitative estimate of drug-likeness (QED) is 0.415. The van der Waals surface area contributed by atoms with E-state index in [1.54, 1.807) is 11.6 Å². The topological polar surface area (TPSA) is 88.9 Å². The van der Waals surface area contributed by atoms with E-state index >= 15 is 0 Å². The molecule has 0 aliphatic carbocycles. The fourth-order valence-electron chi connectivity index (χ4n) is 3.05. The number of nitrogens with one attached hydrogen (secondary N) is 2. The molecule has 0 spiro atoms. The van der Waals surface area contributed by atoms with Gasteiger partial charge in [-0.3, -0.25) is 9.59 Å². The van der Waals surface area contributed by atoms with Crippen LogP contribution in [0.4, 0.5) is 11.4 Å².